The number of anilines is 2. The Labute approximate surface area is 315 Å². The molecule has 5 N–H and O–H groups in total. The predicted molar refractivity (Wildman–Crippen MR) is 204 cm³/mol. The topological polar surface area (TPSA) is 188 Å². The summed E-state index contributed by atoms with van der Waals surface area (Å²) in [5.74, 6) is 0.821. The molecule has 0 spiro atoms. The first-order valence-corrected chi connectivity index (χ1v) is 19.0. The lowest BCUT2D eigenvalue weighted by Crippen LogP contribution is -2.53. The number of piperazine rings is 1. The fourth-order valence-corrected chi connectivity index (χ4v) is 7.85. The van der Waals surface area contributed by atoms with Gasteiger partial charge in [-0.3, -0.25) is 9.69 Å². The van der Waals surface area contributed by atoms with E-state index in [0.29, 0.717) is 74.9 Å². The van der Waals surface area contributed by atoms with Gasteiger partial charge in [-0.25, -0.2) is 9.78 Å². The zero-order valence-electron chi connectivity index (χ0n) is 30.6. The third kappa shape index (κ3) is 8.10. The van der Waals surface area contributed by atoms with Crippen LogP contribution < -0.4 is 20.9 Å². The average molecular weight is 736 g/mol. The molecule has 2 saturated heterocycles. The molecule has 1 saturated carbocycles. The van der Waals surface area contributed by atoms with Gasteiger partial charge in [0.1, 0.15) is 12.2 Å². The number of urea groups is 1. The van der Waals surface area contributed by atoms with Gasteiger partial charge in [0.2, 0.25) is 11.9 Å². The Bertz CT molecular complexity index is 1890. The number of rotatable bonds is 12. The molecule has 1 aliphatic carbocycles. The minimum Gasteiger partial charge on any atom is -0.388 e. The van der Waals surface area contributed by atoms with Crippen LogP contribution in [-0.2, 0) is 4.79 Å². The van der Waals surface area contributed by atoms with Gasteiger partial charge >= 0.3 is 6.03 Å². The molecule has 2 aromatic carbocycles. The zero-order valence-corrected chi connectivity index (χ0v) is 30.6. The molecule has 0 bridgehead atoms. The largest absolute Gasteiger partial charge is 0.388 e. The lowest BCUT2D eigenvalue weighted by atomic mass is 9.91. The van der Waals surface area contributed by atoms with E-state index in [1.807, 2.05) is 41.3 Å². The highest BCUT2D eigenvalue weighted by atomic mass is 16.3. The molecule has 4 heterocycles. The SMILES string of the molecule is CCC(=O)N[C@H]1C[C@@H](n2cnc3c(NCC(c4ccccc4)c4ccccc4)nc(N4CC[C@@H](NC(=O)N5CCN(CCC#N)CC5)C4)nc32)[C@H](O)[C@@H]1O. The van der Waals surface area contributed by atoms with Crippen LogP contribution >= 0.6 is 0 Å². The number of carbonyl (C=O) groups excluding carboxylic acids is 2. The van der Waals surface area contributed by atoms with Crippen LogP contribution in [0.5, 0.6) is 0 Å². The molecule has 2 aromatic heterocycles. The van der Waals surface area contributed by atoms with Crippen molar-refractivity contribution in [2.45, 2.75) is 68.9 Å². The van der Waals surface area contributed by atoms with E-state index in [2.05, 4.69) is 56.1 Å². The molecule has 15 heteroatoms. The monoisotopic (exact) mass is 735 g/mol. The lowest BCUT2D eigenvalue weighted by Gasteiger charge is -2.34. The Kier molecular flexibility index (Phi) is 11.5. The lowest BCUT2D eigenvalue weighted by molar-refractivity contribution is -0.122. The minimum atomic E-state index is -1.15. The number of aliphatic hydroxyl groups excluding tert-OH is 2. The quantitative estimate of drug-likeness (QED) is 0.144. The maximum atomic E-state index is 13.3. The normalized spacial score (nSPS) is 23.1. The number of fused-ring (bicyclic) bond motifs is 1. The van der Waals surface area contributed by atoms with Crippen molar-refractivity contribution in [2.75, 3.05) is 62.6 Å². The third-order valence-corrected chi connectivity index (χ3v) is 11.0. The summed E-state index contributed by atoms with van der Waals surface area (Å²) in [5.41, 5.74) is 3.33. The molecule has 3 amide bonds. The summed E-state index contributed by atoms with van der Waals surface area (Å²) >= 11 is 0. The molecule has 4 aromatic rings. The number of aliphatic hydroxyl groups is 2. The highest BCUT2D eigenvalue weighted by molar-refractivity contribution is 5.85. The van der Waals surface area contributed by atoms with Crippen LogP contribution in [0.25, 0.3) is 11.2 Å². The standard InChI is InChI=1S/C39H49N11O4/c1-2-32(51)44-30-22-31(35(53)34(30)52)50-25-42-33-36(41-23-29(26-10-5-3-6-11-26)27-12-7-4-8-13-27)45-38(46-37(33)50)49-17-14-28(24-49)43-39(54)48-20-18-47(19-21-48)16-9-15-40/h3-8,10-13,25,28-31,34-35,52-53H,2,9,14,16-24H2,1H3,(H,43,54)(H,44,51)(H,41,45,46)/t28-,30+,31-,34-,35+/m1/s1. The first-order valence-electron chi connectivity index (χ1n) is 19.0. The minimum absolute atomic E-state index is 0.0114. The highest BCUT2D eigenvalue weighted by Gasteiger charge is 2.44. The van der Waals surface area contributed by atoms with Gasteiger partial charge in [-0.05, 0) is 24.0 Å². The Morgan fingerprint density at radius 2 is 1.65 bits per heavy atom. The van der Waals surface area contributed by atoms with Gasteiger partial charge in [0.15, 0.2) is 17.0 Å². The van der Waals surface area contributed by atoms with Crippen LogP contribution in [-0.4, -0.2) is 128 Å². The van der Waals surface area contributed by atoms with Crippen LogP contribution in [0.2, 0.25) is 0 Å². The Hall–Kier alpha value is -5.30. The summed E-state index contributed by atoms with van der Waals surface area (Å²) in [5, 5.41) is 40.7. The smallest absolute Gasteiger partial charge is 0.317 e. The molecule has 7 rings (SSSR count). The zero-order chi connectivity index (χ0) is 37.6. The average Bonchev–Trinajstić information content (AvgIpc) is 3.92. The van der Waals surface area contributed by atoms with E-state index in [1.165, 1.54) is 0 Å². The molecule has 0 radical (unpaired) electrons. The van der Waals surface area contributed by atoms with Crippen LogP contribution in [0, 0.1) is 11.3 Å². The fourth-order valence-electron chi connectivity index (χ4n) is 7.85. The van der Waals surface area contributed by atoms with E-state index in [-0.39, 0.29) is 30.3 Å². The van der Waals surface area contributed by atoms with Crippen LogP contribution in [0.4, 0.5) is 16.6 Å². The number of nitriles is 1. The first kappa shape index (κ1) is 37.0. The van der Waals surface area contributed by atoms with Crippen LogP contribution in [0.1, 0.15) is 55.7 Å². The second-order valence-corrected chi connectivity index (χ2v) is 14.4. The second-order valence-electron chi connectivity index (χ2n) is 14.4. The van der Waals surface area contributed by atoms with Crippen molar-refractivity contribution in [2.24, 2.45) is 0 Å². The van der Waals surface area contributed by atoms with Crippen molar-refractivity contribution in [3.63, 3.8) is 0 Å². The van der Waals surface area contributed by atoms with Crippen molar-refractivity contribution in [3.8, 4) is 6.07 Å². The molecule has 0 unspecified atom stereocenters. The van der Waals surface area contributed by atoms with Gasteiger partial charge < -0.3 is 40.5 Å². The molecule has 284 valence electrons. The van der Waals surface area contributed by atoms with Crippen molar-refractivity contribution >= 4 is 34.9 Å². The van der Waals surface area contributed by atoms with Crippen molar-refractivity contribution < 1.29 is 19.8 Å². The number of hydrogen-bond acceptors (Lipinski definition) is 11. The number of nitrogens with one attached hydrogen (secondary N) is 3. The summed E-state index contributed by atoms with van der Waals surface area (Å²) in [7, 11) is 0. The summed E-state index contributed by atoms with van der Waals surface area (Å²) in [6.07, 6.45) is 1.09. The number of imidazole rings is 1. The van der Waals surface area contributed by atoms with Crippen molar-refractivity contribution in [1.29, 1.82) is 5.26 Å². The number of benzene rings is 2. The molecule has 15 nitrogen and oxygen atoms in total. The Morgan fingerprint density at radius 1 is 0.944 bits per heavy atom. The van der Waals surface area contributed by atoms with Gasteiger partial charge in [0.25, 0.3) is 0 Å². The molecule has 3 fully saturated rings. The van der Waals surface area contributed by atoms with Crippen molar-refractivity contribution in [1.82, 2.24) is 40.0 Å². The summed E-state index contributed by atoms with van der Waals surface area (Å²) in [4.78, 5) is 46.4. The van der Waals surface area contributed by atoms with E-state index >= 15 is 0 Å². The van der Waals surface area contributed by atoms with Crippen LogP contribution in [0.15, 0.2) is 67.0 Å². The van der Waals surface area contributed by atoms with E-state index < -0.39 is 24.3 Å². The van der Waals surface area contributed by atoms with Gasteiger partial charge in [0.05, 0.1) is 24.5 Å². The van der Waals surface area contributed by atoms with E-state index in [4.69, 9.17) is 20.2 Å². The number of amides is 3. The van der Waals surface area contributed by atoms with Crippen LogP contribution in [0.3, 0.4) is 0 Å². The van der Waals surface area contributed by atoms with E-state index in [0.717, 1.165) is 30.8 Å². The van der Waals surface area contributed by atoms with Gasteiger partial charge in [-0.2, -0.15) is 15.2 Å². The molecular weight excluding hydrogens is 687 g/mol. The second kappa shape index (κ2) is 16.8. The predicted octanol–water partition coefficient (Wildman–Crippen LogP) is 2.45. The molecule has 2 aliphatic heterocycles. The van der Waals surface area contributed by atoms with Gasteiger partial charge in [0, 0.05) is 77.2 Å². The summed E-state index contributed by atoms with van der Waals surface area (Å²) in [6.45, 7) is 6.85. The Morgan fingerprint density at radius 3 is 2.31 bits per heavy atom. The molecule has 54 heavy (non-hydrogen) atoms. The maximum absolute atomic E-state index is 13.3. The summed E-state index contributed by atoms with van der Waals surface area (Å²) in [6, 6.07) is 21.4. The number of aromatic nitrogens is 4. The maximum Gasteiger partial charge on any atom is 0.317 e. The molecule has 5 atom stereocenters. The Balaban J connectivity index is 1.14. The fraction of sp³-hybridized carbons (Fsp3) is 0.487. The van der Waals surface area contributed by atoms with Crippen molar-refractivity contribution in [3.05, 3.63) is 78.1 Å². The highest BCUT2D eigenvalue weighted by Crippen LogP contribution is 2.35. The first-order chi connectivity index (χ1) is 26.3. The number of nitrogens with zero attached hydrogens (tertiary/aromatic N) is 8. The van der Waals surface area contributed by atoms with Gasteiger partial charge in [-0.1, -0.05) is 67.6 Å². The number of carbonyl (C=O) groups is 2. The summed E-state index contributed by atoms with van der Waals surface area (Å²) < 4.78 is 1.79. The molecular formula is C39H49N11O4. The van der Waals surface area contributed by atoms with Gasteiger partial charge in [-0.15, -0.1) is 0 Å². The number of hydrogen-bond donors (Lipinski definition) is 5. The van der Waals surface area contributed by atoms with E-state index in [9.17, 15) is 19.8 Å². The third-order valence-electron chi connectivity index (χ3n) is 11.0. The molecule has 3 aliphatic rings. The van der Waals surface area contributed by atoms with E-state index in [1.54, 1.807) is 17.8 Å².